The van der Waals surface area contributed by atoms with Crippen molar-refractivity contribution < 1.29 is 9.84 Å². The Hall–Kier alpha value is -2.50. The number of hydrogen-bond donors (Lipinski definition) is 2. The number of fused-ring (bicyclic) bond motifs is 1. The Morgan fingerprint density at radius 2 is 1.82 bits per heavy atom. The number of rotatable bonds is 6. The molecular weight excluding hydrogens is 350 g/mol. The van der Waals surface area contributed by atoms with Gasteiger partial charge in [-0.05, 0) is 49.2 Å². The fourth-order valence-corrected chi connectivity index (χ4v) is 3.97. The molecule has 0 amide bonds. The van der Waals surface area contributed by atoms with E-state index in [4.69, 9.17) is 4.74 Å². The van der Waals surface area contributed by atoms with E-state index in [0.29, 0.717) is 13.2 Å². The highest BCUT2D eigenvalue weighted by atomic mass is 16.5. The summed E-state index contributed by atoms with van der Waals surface area (Å²) in [5.41, 5.74) is 5.09. The second-order valence-electron chi connectivity index (χ2n) is 7.67. The predicted octanol–water partition coefficient (Wildman–Crippen LogP) is 3.35. The van der Waals surface area contributed by atoms with Crippen molar-refractivity contribution in [3.63, 3.8) is 0 Å². The average molecular weight is 380 g/mol. The Bertz CT molecular complexity index is 928. The van der Waals surface area contributed by atoms with E-state index in [0.717, 1.165) is 42.8 Å². The fourth-order valence-electron chi connectivity index (χ4n) is 3.97. The lowest BCUT2D eigenvalue weighted by molar-refractivity contribution is 0.0668. The van der Waals surface area contributed by atoms with Gasteiger partial charge in [0, 0.05) is 55.5 Å². The van der Waals surface area contributed by atoms with E-state index in [1.165, 1.54) is 16.8 Å². The zero-order chi connectivity index (χ0) is 19.5. The summed E-state index contributed by atoms with van der Waals surface area (Å²) in [6.07, 6.45) is 1.41. The van der Waals surface area contributed by atoms with Crippen molar-refractivity contribution in [2.75, 3.05) is 44.2 Å². The first kappa shape index (κ1) is 18.8. The molecule has 148 valence electrons. The number of nitrogens with zero attached hydrogens (tertiary/aromatic N) is 2. The number of aromatic nitrogens is 1. The van der Waals surface area contributed by atoms with Crippen LogP contribution in [0.2, 0.25) is 0 Å². The summed E-state index contributed by atoms with van der Waals surface area (Å²) in [6.45, 7) is 9.20. The molecule has 2 heterocycles. The number of aliphatic hydroxyl groups excluding tert-OH is 1. The zero-order valence-electron chi connectivity index (χ0n) is 16.7. The number of piperazine rings is 1. The number of ether oxygens (including phenoxy) is 1. The molecule has 0 bridgehead atoms. The van der Waals surface area contributed by atoms with E-state index in [1.54, 1.807) is 0 Å². The number of anilines is 1. The van der Waals surface area contributed by atoms with Gasteiger partial charge in [0.15, 0.2) is 0 Å². The summed E-state index contributed by atoms with van der Waals surface area (Å²) in [6, 6.07) is 14.5. The molecule has 1 saturated heterocycles. The average Bonchev–Trinajstić information content (AvgIpc) is 3.19. The number of benzene rings is 2. The lowest BCUT2D eigenvalue weighted by atomic mass is 10.1. The van der Waals surface area contributed by atoms with E-state index in [2.05, 4.69) is 46.8 Å². The Kier molecular flexibility index (Phi) is 5.55. The van der Waals surface area contributed by atoms with Crippen molar-refractivity contribution >= 4 is 16.6 Å². The second-order valence-corrected chi connectivity index (χ2v) is 7.67. The molecule has 1 atom stereocenters. The highest BCUT2D eigenvalue weighted by Gasteiger charge is 2.21. The van der Waals surface area contributed by atoms with Gasteiger partial charge in [-0.3, -0.25) is 4.90 Å². The van der Waals surface area contributed by atoms with Gasteiger partial charge in [0.25, 0.3) is 0 Å². The van der Waals surface area contributed by atoms with Crippen molar-refractivity contribution in [3.8, 4) is 5.75 Å². The first-order chi connectivity index (χ1) is 13.6. The Morgan fingerprint density at radius 1 is 1.04 bits per heavy atom. The molecule has 0 aliphatic carbocycles. The van der Waals surface area contributed by atoms with Crippen LogP contribution in [0.4, 0.5) is 5.69 Å². The van der Waals surface area contributed by atoms with Gasteiger partial charge in [-0.25, -0.2) is 0 Å². The maximum atomic E-state index is 10.5. The lowest BCUT2D eigenvalue weighted by Crippen LogP contribution is -2.49. The Labute approximate surface area is 166 Å². The summed E-state index contributed by atoms with van der Waals surface area (Å²) in [4.78, 5) is 7.96. The first-order valence-electron chi connectivity index (χ1n) is 10.0. The SMILES string of the molecule is Cc1cccc(N2CCN(CC(O)COc3cccc4[nH]ccc34)CC2)c1C. The van der Waals surface area contributed by atoms with E-state index in [1.807, 2.05) is 30.5 Å². The third-order valence-corrected chi connectivity index (χ3v) is 5.74. The number of aliphatic hydroxyl groups is 1. The minimum absolute atomic E-state index is 0.307. The molecule has 4 rings (SSSR count). The second kappa shape index (κ2) is 8.25. The minimum atomic E-state index is -0.499. The molecular formula is C23H29N3O2. The number of β-amino-alcohol motifs (C(OH)–C–C–N with tert-alkyl or cyclic N) is 1. The van der Waals surface area contributed by atoms with Crippen LogP contribution in [-0.4, -0.2) is 60.4 Å². The molecule has 1 unspecified atom stereocenters. The maximum absolute atomic E-state index is 10.5. The largest absolute Gasteiger partial charge is 0.490 e. The van der Waals surface area contributed by atoms with Crippen LogP contribution in [0.3, 0.4) is 0 Å². The van der Waals surface area contributed by atoms with Crippen molar-refractivity contribution in [1.29, 1.82) is 0 Å². The molecule has 0 saturated carbocycles. The van der Waals surface area contributed by atoms with Crippen LogP contribution in [0.5, 0.6) is 5.75 Å². The summed E-state index contributed by atoms with van der Waals surface area (Å²) in [5.74, 6) is 0.817. The van der Waals surface area contributed by atoms with E-state index < -0.39 is 6.10 Å². The molecule has 28 heavy (non-hydrogen) atoms. The quantitative estimate of drug-likeness (QED) is 0.690. The highest BCUT2D eigenvalue weighted by molar-refractivity contribution is 5.85. The zero-order valence-corrected chi connectivity index (χ0v) is 16.7. The molecule has 5 nitrogen and oxygen atoms in total. The van der Waals surface area contributed by atoms with Crippen LogP contribution in [0.1, 0.15) is 11.1 Å². The lowest BCUT2D eigenvalue weighted by Gasteiger charge is -2.37. The Morgan fingerprint density at radius 3 is 2.64 bits per heavy atom. The monoisotopic (exact) mass is 379 g/mol. The van der Waals surface area contributed by atoms with Gasteiger partial charge in [0.05, 0.1) is 0 Å². The fraction of sp³-hybridized carbons (Fsp3) is 0.391. The number of H-pyrrole nitrogens is 1. The third-order valence-electron chi connectivity index (χ3n) is 5.74. The number of hydrogen-bond acceptors (Lipinski definition) is 4. The summed E-state index contributed by atoms with van der Waals surface area (Å²) in [7, 11) is 0. The number of aryl methyl sites for hydroxylation is 1. The normalized spacial score (nSPS) is 16.5. The molecule has 3 aromatic rings. The van der Waals surface area contributed by atoms with Gasteiger partial charge in [0.1, 0.15) is 18.5 Å². The summed E-state index contributed by atoms with van der Waals surface area (Å²) in [5, 5.41) is 11.5. The van der Waals surface area contributed by atoms with E-state index >= 15 is 0 Å². The molecule has 1 fully saturated rings. The molecule has 0 spiro atoms. The Balaban J connectivity index is 1.27. The van der Waals surface area contributed by atoms with Gasteiger partial charge in [0.2, 0.25) is 0 Å². The molecule has 1 aliphatic heterocycles. The molecule has 1 aliphatic rings. The van der Waals surface area contributed by atoms with E-state index in [-0.39, 0.29) is 0 Å². The first-order valence-corrected chi connectivity index (χ1v) is 10.0. The topological polar surface area (TPSA) is 51.7 Å². The third kappa shape index (κ3) is 4.01. The molecule has 5 heteroatoms. The van der Waals surface area contributed by atoms with Crippen LogP contribution in [0.15, 0.2) is 48.7 Å². The summed E-state index contributed by atoms with van der Waals surface area (Å²) < 4.78 is 5.89. The van der Waals surface area contributed by atoms with Crippen LogP contribution in [0.25, 0.3) is 10.9 Å². The van der Waals surface area contributed by atoms with Crippen LogP contribution in [-0.2, 0) is 0 Å². The standard InChI is InChI=1S/C23H29N3O2/c1-17-5-3-7-22(18(17)2)26-13-11-25(12-14-26)15-19(27)16-28-23-8-4-6-21-20(23)9-10-24-21/h3-10,19,24,27H,11-16H2,1-2H3. The van der Waals surface area contributed by atoms with Crippen molar-refractivity contribution in [3.05, 3.63) is 59.8 Å². The van der Waals surface area contributed by atoms with Gasteiger partial charge in [-0.15, -0.1) is 0 Å². The smallest absolute Gasteiger partial charge is 0.128 e. The molecule has 0 radical (unpaired) electrons. The van der Waals surface area contributed by atoms with Crippen LogP contribution >= 0.6 is 0 Å². The van der Waals surface area contributed by atoms with Crippen LogP contribution in [0, 0.1) is 13.8 Å². The maximum Gasteiger partial charge on any atom is 0.128 e. The van der Waals surface area contributed by atoms with Gasteiger partial charge in [-0.1, -0.05) is 18.2 Å². The molecule has 2 N–H and O–H groups in total. The van der Waals surface area contributed by atoms with Crippen molar-refractivity contribution in [2.24, 2.45) is 0 Å². The van der Waals surface area contributed by atoms with Crippen LogP contribution < -0.4 is 9.64 Å². The van der Waals surface area contributed by atoms with Gasteiger partial charge in [-0.2, -0.15) is 0 Å². The summed E-state index contributed by atoms with van der Waals surface area (Å²) >= 11 is 0. The number of aromatic amines is 1. The van der Waals surface area contributed by atoms with Crippen molar-refractivity contribution in [2.45, 2.75) is 20.0 Å². The number of nitrogens with one attached hydrogen (secondary N) is 1. The van der Waals surface area contributed by atoms with Crippen molar-refractivity contribution in [1.82, 2.24) is 9.88 Å². The van der Waals surface area contributed by atoms with E-state index in [9.17, 15) is 5.11 Å². The minimum Gasteiger partial charge on any atom is -0.490 e. The van der Waals surface area contributed by atoms with Gasteiger partial charge >= 0.3 is 0 Å². The predicted molar refractivity (Wildman–Crippen MR) is 114 cm³/mol. The molecule has 1 aromatic heterocycles. The van der Waals surface area contributed by atoms with Gasteiger partial charge < -0.3 is 19.7 Å². The highest BCUT2D eigenvalue weighted by Crippen LogP contribution is 2.25. The molecule has 2 aromatic carbocycles.